The fourth-order valence-corrected chi connectivity index (χ4v) is 3.08. The van der Waals surface area contributed by atoms with Gasteiger partial charge in [-0.05, 0) is 37.4 Å². The summed E-state index contributed by atoms with van der Waals surface area (Å²) in [5.74, 6) is 0.389. The van der Waals surface area contributed by atoms with Gasteiger partial charge in [-0.25, -0.2) is 0 Å². The molecule has 1 fully saturated rings. The van der Waals surface area contributed by atoms with Crippen LogP contribution in [0.5, 0.6) is 0 Å². The van der Waals surface area contributed by atoms with Crippen LogP contribution in [0.15, 0.2) is 30.3 Å². The summed E-state index contributed by atoms with van der Waals surface area (Å²) in [6, 6.07) is 10.1. The Kier molecular flexibility index (Phi) is 7.69. The summed E-state index contributed by atoms with van der Waals surface area (Å²) in [7, 11) is 1.66. The molecule has 2 rings (SSSR count). The maximum atomic E-state index is 12.7. The van der Waals surface area contributed by atoms with Gasteiger partial charge in [-0.2, -0.15) is 0 Å². The minimum atomic E-state index is -0.384. The van der Waals surface area contributed by atoms with Crippen LogP contribution in [-0.4, -0.2) is 45.9 Å². The Bertz CT molecular complexity index is 481. The van der Waals surface area contributed by atoms with E-state index in [9.17, 15) is 4.79 Å². The van der Waals surface area contributed by atoms with Gasteiger partial charge in [0.25, 0.3) is 0 Å². The molecule has 0 spiro atoms. The maximum Gasteiger partial charge on any atom is 0.228 e. The first-order valence-corrected chi connectivity index (χ1v) is 8.76. The molecule has 5 nitrogen and oxygen atoms in total. The summed E-state index contributed by atoms with van der Waals surface area (Å²) < 4.78 is 11.1. The Balaban J connectivity index is 1.71. The van der Waals surface area contributed by atoms with E-state index in [1.165, 1.54) is 5.56 Å². The summed E-state index contributed by atoms with van der Waals surface area (Å²) in [6.45, 7) is 6.19. The van der Waals surface area contributed by atoms with Crippen LogP contribution in [0.3, 0.4) is 0 Å². The van der Waals surface area contributed by atoms with Crippen molar-refractivity contribution in [3.05, 3.63) is 35.9 Å². The number of hydrogen-bond donors (Lipinski definition) is 2. The minimum Gasteiger partial charge on any atom is -0.384 e. The van der Waals surface area contributed by atoms with Crippen molar-refractivity contribution in [2.45, 2.75) is 26.4 Å². The highest BCUT2D eigenvalue weighted by Gasteiger charge is 2.39. The number of carbonyl (C=O) groups excluding carboxylic acids is 1. The van der Waals surface area contributed by atoms with E-state index in [1.54, 1.807) is 7.11 Å². The van der Waals surface area contributed by atoms with Crippen molar-refractivity contribution in [2.75, 3.05) is 40.0 Å². The van der Waals surface area contributed by atoms with E-state index in [2.05, 4.69) is 29.7 Å². The van der Waals surface area contributed by atoms with Crippen LogP contribution in [0.4, 0.5) is 0 Å². The van der Waals surface area contributed by atoms with Gasteiger partial charge < -0.3 is 20.1 Å². The predicted octanol–water partition coefficient (Wildman–Crippen LogP) is 1.97. The zero-order valence-corrected chi connectivity index (χ0v) is 14.8. The lowest BCUT2D eigenvalue weighted by atomic mass is 9.78. The maximum absolute atomic E-state index is 12.7. The van der Waals surface area contributed by atoms with E-state index in [0.717, 1.165) is 25.9 Å². The molecule has 134 valence electrons. The molecule has 24 heavy (non-hydrogen) atoms. The quantitative estimate of drug-likeness (QED) is 0.725. The van der Waals surface area contributed by atoms with Gasteiger partial charge in [-0.15, -0.1) is 0 Å². The Hall–Kier alpha value is -1.43. The van der Waals surface area contributed by atoms with Gasteiger partial charge >= 0.3 is 0 Å². The van der Waals surface area contributed by atoms with Crippen molar-refractivity contribution < 1.29 is 14.3 Å². The molecule has 2 N–H and O–H groups in total. The molecule has 1 saturated heterocycles. The molecular formula is C19H30N2O3. The highest BCUT2D eigenvalue weighted by molar-refractivity contribution is 5.83. The zero-order chi connectivity index (χ0) is 17.3. The lowest BCUT2D eigenvalue weighted by Gasteiger charge is -2.35. The smallest absolute Gasteiger partial charge is 0.228 e. The van der Waals surface area contributed by atoms with Crippen molar-refractivity contribution in [2.24, 2.45) is 11.3 Å². The minimum absolute atomic E-state index is 0.112. The summed E-state index contributed by atoms with van der Waals surface area (Å²) in [6.07, 6.45) is 1.65. The predicted molar refractivity (Wildman–Crippen MR) is 94.7 cm³/mol. The van der Waals surface area contributed by atoms with Crippen molar-refractivity contribution in [3.8, 4) is 0 Å². The molecule has 0 saturated carbocycles. The molecule has 1 aromatic carbocycles. The molecule has 1 unspecified atom stereocenters. The SMILES string of the molecule is COCC1(C(=O)NCC(C)COCc2ccccc2)CCNCC1. The highest BCUT2D eigenvalue weighted by Crippen LogP contribution is 2.29. The number of benzene rings is 1. The van der Waals surface area contributed by atoms with Crippen LogP contribution in [-0.2, 0) is 20.9 Å². The third-order valence-corrected chi connectivity index (χ3v) is 4.59. The number of hydrogen-bond acceptors (Lipinski definition) is 4. The van der Waals surface area contributed by atoms with Gasteiger partial charge in [-0.3, -0.25) is 4.79 Å². The number of rotatable bonds is 9. The second-order valence-corrected chi connectivity index (χ2v) is 6.78. The van der Waals surface area contributed by atoms with E-state index in [1.807, 2.05) is 18.2 Å². The van der Waals surface area contributed by atoms with Gasteiger partial charge in [0.15, 0.2) is 0 Å². The Labute approximate surface area is 145 Å². The standard InChI is InChI=1S/C19H30N2O3/c1-16(13-24-14-17-6-4-3-5-7-17)12-21-18(22)19(15-23-2)8-10-20-11-9-19/h3-7,16,20H,8-15H2,1-2H3,(H,21,22). The van der Waals surface area contributed by atoms with E-state index in [4.69, 9.17) is 9.47 Å². The molecule has 1 aromatic rings. The van der Waals surface area contributed by atoms with E-state index in [-0.39, 0.29) is 17.2 Å². The third-order valence-electron chi connectivity index (χ3n) is 4.59. The lowest BCUT2D eigenvalue weighted by molar-refractivity contribution is -0.136. The lowest BCUT2D eigenvalue weighted by Crippen LogP contribution is -2.51. The number of methoxy groups -OCH3 is 1. The highest BCUT2D eigenvalue weighted by atomic mass is 16.5. The van der Waals surface area contributed by atoms with Crippen LogP contribution in [0.25, 0.3) is 0 Å². The molecule has 0 bridgehead atoms. The molecule has 5 heteroatoms. The fourth-order valence-electron chi connectivity index (χ4n) is 3.08. The van der Waals surface area contributed by atoms with Crippen LogP contribution in [0.2, 0.25) is 0 Å². The Morgan fingerprint density at radius 1 is 1.29 bits per heavy atom. The summed E-state index contributed by atoms with van der Waals surface area (Å²) in [4.78, 5) is 12.7. The molecule has 0 aliphatic carbocycles. The average molecular weight is 334 g/mol. The van der Waals surface area contributed by atoms with E-state index in [0.29, 0.717) is 26.4 Å². The molecule has 0 aromatic heterocycles. The normalized spacial score (nSPS) is 18.1. The van der Waals surface area contributed by atoms with Crippen LogP contribution in [0, 0.1) is 11.3 Å². The summed E-state index contributed by atoms with van der Waals surface area (Å²) in [5, 5.41) is 6.41. The molecular weight excluding hydrogens is 304 g/mol. The van der Waals surface area contributed by atoms with E-state index < -0.39 is 0 Å². The average Bonchev–Trinajstić information content (AvgIpc) is 2.61. The third kappa shape index (κ3) is 5.58. The van der Waals surface area contributed by atoms with Crippen LogP contribution in [0.1, 0.15) is 25.3 Å². The van der Waals surface area contributed by atoms with Crippen molar-refractivity contribution in [3.63, 3.8) is 0 Å². The molecule has 0 radical (unpaired) electrons. The molecule has 1 aliphatic heterocycles. The number of nitrogens with one attached hydrogen (secondary N) is 2. The monoisotopic (exact) mass is 334 g/mol. The van der Waals surface area contributed by atoms with Gasteiger partial charge in [-0.1, -0.05) is 37.3 Å². The number of piperidine rings is 1. The first-order valence-electron chi connectivity index (χ1n) is 8.76. The first kappa shape index (κ1) is 18.9. The van der Waals surface area contributed by atoms with Gasteiger partial charge in [0.1, 0.15) is 0 Å². The molecule has 1 heterocycles. The molecule has 1 atom stereocenters. The number of carbonyl (C=O) groups is 1. The second-order valence-electron chi connectivity index (χ2n) is 6.78. The first-order chi connectivity index (χ1) is 11.7. The Morgan fingerprint density at radius 2 is 2.00 bits per heavy atom. The van der Waals surface area contributed by atoms with Crippen LogP contribution >= 0.6 is 0 Å². The second kappa shape index (κ2) is 9.77. The van der Waals surface area contributed by atoms with Crippen molar-refractivity contribution >= 4 is 5.91 Å². The van der Waals surface area contributed by atoms with Gasteiger partial charge in [0.2, 0.25) is 5.91 Å². The summed E-state index contributed by atoms with van der Waals surface area (Å²) in [5.41, 5.74) is 0.785. The molecule has 1 aliphatic rings. The summed E-state index contributed by atoms with van der Waals surface area (Å²) >= 11 is 0. The van der Waals surface area contributed by atoms with Crippen molar-refractivity contribution in [1.29, 1.82) is 0 Å². The largest absolute Gasteiger partial charge is 0.384 e. The Morgan fingerprint density at radius 3 is 2.67 bits per heavy atom. The topological polar surface area (TPSA) is 59.6 Å². The fraction of sp³-hybridized carbons (Fsp3) is 0.632. The molecule has 1 amide bonds. The number of ether oxygens (including phenoxy) is 2. The zero-order valence-electron chi connectivity index (χ0n) is 14.8. The van der Waals surface area contributed by atoms with Gasteiger partial charge in [0, 0.05) is 13.7 Å². The van der Waals surface area contributed by atoms with E-state index >= 15 is 0 Å². The number of amides is 1. The van der Waals surface area contributed by atoms with Crippen molar-refractivity contribution in [1.82, 2.24) is 10.6 Å². The van der Waals surface area contributed by atoms with Crippen LogP contribution < -0.4 is 10.6 Å². The van der Waals surface area contributed by atoms with Gasteiger partial charge in [0.05, 0.1) is 25.2 Å².